The predicted molar refractivity (Wildman–Crippen MR) is 84.9 cm³/mol. The molecule has 1 amide bonds. The lowest BCUT2D eigenvalue weighted by Gasteiger charge is -2.22. The number of halogens is 3. The second-order valence-electron chi connectivity index (χ2n) is 4.77. The molecule has 1 saturated heterocycles. The second-order valence-corrected chi connectivity index (χ2v) is 6.42. The maximum atomic E-state index is 13.9. The summed E-state index contributed by atoms with van der Waals surface area (Å²) in [5.74, 6) is -0.693. The minimum Gasteiger partial charge on any atom is -0.337 e. The van der Waals surface area contributed by atoms with Gasteiger partial charge in [0.25, 0.3) is 5.91 Å². The van der Waals surface area contributed by atoms with Gasteiger partial charge in [0.05, 0.1) is 5.56 Å². The Labute approximate surface area is 135 Å². The molecule has 1 aromatic carbocycles. The number of alkyl halides is 1. The van der Waals surface area contributed by atoms with Crippen molar-refractivity contribution in [1.29, 1.82) is 0 Å². The Morgan fingerprint density at radius 1 is 1.25 bits per heavy atom. The topological polar surface area (TPSA) is 23.6 Å². The first kappa shape index (κ1) is 15.9. The molecule has 1 heterocycles. The van der Waals surface area contributed by atoms with Gasteiger partial charge in [-0.3, -0.25) is 4.79 Å². The van der Waals surface area contributed by atoms with Gasteiger partial charge in [-0.1, -0.05) is 22.0 Å². The van der Waals surface area contributed by atoms with Crippen LogP contribution in [-0.2, 0) is 0 Å². The SMILES string of the molecule is O=C(c1c(F)cccc1Br)N1CCCN(CCBr)CC1. The van der Waals surface area contributed by atoms with Crippen LogP contribution in [0.2, 0.25) is 0 Å². The van der Waals surface area contributed by atoms with Crippen molar-refractivity contribution in [2.75, 3.05) is 38.1 Å². The van der Waals surface area contributed by atoms with E-state index in [4.69, 9.17) is 0 Å². The summed E-state index contributed by atoms with van der Waals surface area (Å²) >= 11 is 6.70. The summed E-state index contributed by atoms with van der Waals surface area (Å²) in [5, 5.41) is 0.930. The van der Waals surface area contributed by atoms with E-state index < -0.39 is 5.82 Å². The number of hydrogen-bond donors (Lipinski definition) is 0. The molecular formula is C14H17Br2FN2O. The molecule has 1 aliphatic rings. The summed E-state index contributed by atoms with van der Waals surface area (Å²) in [5.41, 5.74) is 0.140. The van der Waals surface area contributed by atoms with E-state index in [1.165, 1.54) is 6.07 Å². The number of hydrogen-bond acceptors (Lipinski definition) is 2. The number of nitrogens with zero attached hydrogens (tertiary/aromatic N) is 2. The largest absolute Gasteiger partial charge is 0.337 e. The zero-order valence-electron chi connectivity index (χ0n) is 11.1. The van der Waals surface area contributed by atoms with Crippen LogP contribution in [0.5, 0.6) is 0 Å². The molecule has 0 atom stereocenters. The van der Waals surface area contributed by atoms with E-state index in [1.807, 2.05) is 0 Å². The molecule has 1 aliphatic heterocycles. The highest BCUT2D eigenvalue weighted by molar-refractivity contribution is 9.10. The molecule has 0 bridgehead atoms. The predicted octanol–water partition coefficient (Wildman–Crippen LogP) is 3.13. The van der Waals surface area contributed by atoms with Gasteiger partial charge < -0.3 is 9.80 Å². The lowest BCUT2D eigenvalue weighted by atomic mass is 10.2. The molecule has 0 spiro atoms. The summed E-state index contributed by atoms with van der Waals surface area (Å²) < 4.78 is 14.4. The van der Waals surface area contributed by atoms with Gasteiger partial charge in [0.1, 0.15) is 5.82 Å². The van der Waals surface area contributed by atoms with Crippen LogP contribution in [0.15, 0.2) is 22.7 Å². The molecular weight excluding hydrogens is 391 g/mol. The Kier molecular flexibility index (Phi) is 5.99. The van der Waals surface area contributed by atoms with Crippen molar-refractivity contribution in [1.82, 2.24) is 9.80 Å². The highest BCUT2D eigenvalue weighted by Gasteiger charge is 2.24. The van der Waals surface area contributed by atoms with Crippen LogP contribution in [-0.4, -0.2) is 53.8 Å². The Morgan fingerprint density at radius 3 is 2.75 bits per heavy atom. The van der Waals surface area contributed by atoms with E-state index >= 15 is 0 Å². The summed E-state index contributed by atoms with van der Waals surface area (Å²) in [6, 6.07) is 4.62. The third kappa shape index (κ3) is 3.80. The highest BCUT2D eigenvalue weighted by Crippen LogP contribution is 2.22. The van der Waals surface area contributed by atoms with Gasteiger partial charge in [-0.05, 0) is 41.0 Å². The normalized spacial score (nSPS) is 17.1. The van der Waals surface area contributed by atoms with Crippen LogP contribution in [0.25, 0.3) is 0 Å². The first-order chi connectivity index (χ1) is 9.63. The van der Waals surface area contributed by atoms with Crippen LogP contribution in [0.4, 0.5) is 4.39 Å². The van der Waals surface area contributed by atoms with Gasteiger partial charge in [0, 0.05) is 36.0 Å². The highest BCUT2D eigenvalue weighted by atomic mass is 79.9. The van der Waals surface area contributed by atoms with Crippen molar-refractivity contribution in [2.24, 2.45) is 0 Å². The van der Waals surface area contributed by atoms with Crippen molar-refractivity contribution in [3.05, 3.63) is 34.1 Å². The molecule has 6 heteroatoms. The standard InChI is InChI=1S/C14H17Br2FN2O/c15-5-8-18-6-2-7-19(10-9-18)14(20)13-11(16)3-1-4-12(13)17/h1,3-4H,2,5-10H2. The van der Waals surface area contributed by atoms with E-state index in [0.29, 0.717) is 17.6 Å². The van der Waals surface area contributed by atoms with Crippen molar-refractivity contribution < 1.29 is 9.18 Å². The van der Waals surface area contributed by atoms with Gasteiger partial charge in [-0.25, -0.2) is 4.39 Å². The molecule has 0 saturated carbocycles. The van der Waals surface area contributed by atoms with Gasteiger partial charge in [-0.2, -0.15) is 0 Å². The monoisotopic (exact) mass is 406 g/mol. The van der Waals surface area contributed by atoms with E-state index in [0.717, 1.165) is 31.4 Å². The summed E-state index contributed by atoms with van der Waals surface area (Å²) in [6.07, 6.45) is 0.921. The number of amides is 1. The molecule has 0 aliphatic carbocycles. The maximum Gasteiger partial charge on any atom is 0.258 e. The van der Waals surface area contributed by atoms with Crippen molar-refractivity contribution >= 4 is 37.8 Å². The molecule has 0 radical (unpaired) electrons. The Balaban J connectivity index is 2.10. The van der Waals surface area contributed by atoms with Crippen molar-refractivity contribution in [3.63, 3.8) is 0 Å². The fourth-order valence-electron chi connectivity index (χ4n) is 2.38. The molecule has 3 nitrogen and oxygen atoms in total. The van der Waals surface area contributed by atoms with Crippen molar-refractivity contribution in [3.8, 4) is 0 Å². The third-order valence-corrected chi connectivity index (χ3v) is 4.47. The van der Waals surface area contributed by atoms with Crippen LogP contribution in [0.3, 0.4) is 0 Å². The maximum absolute atomic E-state index is 13.9. The number of carbonyl (C=O) groups is 1. The molecule has 2 rings (SSSR count). The van der Waals surface area contributed by atoms with Crippen molar-refractivity contribution in [2.45, 2.75) is 6.42 Å². The Morgan fingerprint density at radius 2 is 2.05 bits per heavy atom. The van der Waals surface area contributed by atoms with Crippen LogP contribution in [0.1, 0.15) is 16.8 Å². The summed E-state index contributed by atoms with van der Waals surface area (Å²) in [7, 11) is 0. The average Bonchev–Trinajstić information content (AvgIpc) is 2.64. The number of carbonyl (C=O) groups excluding carboxylic acids is 1. The lowest BCUT2D eigenvalue weighted by Crippen LogP contribution is -2.36. The van der Waals surface area contributed by atoms with E-state index in [2.05, 4.69) is 36.8 Å². The minimum absolute atomic E-state index is 0.140. The number of rotatable bonds is 3. The van der Waals surface area contributed by atoms with Gasteiger partial charge >= 0.3 is 0 Å². The van der Waals surface area contributed by atoms with E-state index in [1.54, 1.807) is 17.0 Å². The molecule has 20 heavy (non-hydrogen) atoms. The van der Waals surface area contributed by atoms with E-state index in [-0.39, 0.29) is 11.5 Å². The second kappa shape index (κ2) is 7.52. The fraction of sp³-hybridized carbons (Fsp3) is 0.500. The molecule has 0 aromatic heterocycles. The zero-order chi connectivity index (χ0) is 14.5. The van der Waals surface area contributed by atoms with E-state index in [9.17, 15) is 9.18 Å². The Bertz CT molecular complexity index is 464. The molecule has 0 N–H and O–H groups in total. The van der Waals surface area contributed by atoms with Crippen LogP contribution < -0.4 is 0 Å². The fourth-order valence-corrected chi connectivity index (χ4v) is 3.39. The van der Waals surface area contributed by atoms with Crippen LogP contribution >= 0.6 is 31.9 Å². The molecule has 1 aromatic rings. The molecule has 1 fully saturated rings. The first-order valence-electron chi connectivity index (χ1n) is 6.65. The average molecular weight is 408 g/mol. The number of benzene rings is 1. The molecule has 110 valence electrons. The van der Waals surface area contributed by atoms with Gasteiger partial charge in [-0.15, -0.1) is 0 Å². The van der Waals surface area contributed by atoms with Gasteiger partial charge in [0.2, 0.25) is 0 Å². The quantitative estimate of drug-likeness (QED) is 0.718. The minimum atomic E-state index is -0.467. The third-order valence-electron chi connectivity index (χ3n) is 3.45. The Hall–Kier alpha value is -0.460. The summed E-state index contributed by atoms with van der Waals surface area (Å²) in [4.78, 5) is 16.6. The lowest BCUT2D eigenvalue weighted by molar-refractivity contribution is 0.0756. The van der Waals surface area contributed by atoms with Gasteiger partial charge in [0.15, 0.2) is 0 Å². The summed E-state index contributed by atoms with van der Waals surface area (Å²) in [6.45, 7) is 4.12. The zero-order valence-corrected chi connectivity index (χ0v) is 14.3. The first-order valence-corrected chi connectivity index (χ1v) is 8.56. The molecule has 0 unspecified atom stereocenters. The van der Waals surface area contributed by atoms with Crippen LogP contribution in [0, 0.1) is 5.82 Å². The smallest absolute Gasteiger partial charge is 0.258 e.